The van der Waals surface area contributed by atoms with Gasteiger partial charge >= 0.3 is 6.18 Å². The van der Waals surface area contributed by atoms with E-state index in [-0.39, 0.29) is 0 Å². The second-order valence-corrected chi connectivity index (χ2v) is 6.52. The Morgan fingerprint density at radius 2 is 1.90 bits per heavy atom. The molecule has 1 aromatic rings. The zero-order valence-electron chi connectivity index (χ0n) is 11.9. The van der Waals surface area contributed by atoms with E-state index in [1.165, 1.54) is 32.1 Å². The molecule has 0 aromatic carbocycles. The van der Waals surface area contributed by atoms with Crippen LogP contribution < -0.4 is 10.6 Å². The van der Waals surface area contributed by atoms with Crippen LogP contribution in [0.5, 0.6) is 0 Å². The van der Waals surface area contributed by atoms with Gasteiger partial charge in [0, 0.05) is 0 Å². The fraction of sp³-hybridized carbons (Fsp3) is 0.538. The molecule has 21 heavy (non-hydrogen) atoms. The first kappa shape index (κ1) is 17.5. The van der Waals surface area contributed by atoms with Gasteiger partial charge in [0.2, 0.25) is 5.91 Å². The van der Waals surface area contributed by atoms with Gasteiger partial charge in [-0.1, -0.05) is 26.8 Å². The third-order valence-electron chi connectivity index (χ3n) is 2.65. The highest BCUT2D eigenvalue weighted by molar-refractivity contribution is 7.12. The third-order valence-corrected chi connectivity index (χ3v) is 3.52. The molecule has 1 atom stereocenters. The largest absolute Gasteiger partial charge is 0.409 e. The molecule has 0 aliphatic heterocycles. The zero-order valence-corrected chi connectivity index (χ0v) is 12.7. The summed E-state index contributed by atoms with van der Waals surface area (Å²) in [7, 11) is 0. The molecule has 8 heteroatoms. The Morgan fingerprint density at radius 1 is 1.29 bits per heavy atom. The van der Waals surface area contributed by atoms with Gasteiger partial charge in [-0.05, 0) is 16.9 Å². The predicted octanol–water partition coefficient (Wildman–Crippen LogP) is 2.57. The van der Waals surface area contributed by atoms with Crippen molar-refractivity contribution in [2.75, 3.05) is 6.54 Å². The summed E-state index contributed by atoms with van der Waals surface area (Å²) < 4.78 is 38.7. The predicted molar refractivity (Wildman–Crippen MR) is 74.1 cm³/mol. The molecule has 2 amide bonds. The van der Waals surface area contributed by atoms with Gasteiger partial charge < -0.3 is 10.6 Å². The highest BCUT2D eigenvalue weighted by Gasteiger charge is 2.47. The van der Waals surface area contributed by atoms with E-state index in [2.05, 4.69) is 5.32 Å². The number of thiophene rings is 1. The number of carbonyl (C=O) groups excluding carboxylic acids is 2. The average Bonchev–Trinajstić information content (AvgIpc) is 2.83. The first-order chi connectivity index (χ1) is 9.51. The second-order valence-electron chi connectivity index (χ2n) is 5.57. The van der Waals surface area contributed by atoms with Crippen LogP contribution >= 0.6 is 11.3 Å². The molecular weight excluding hydrogens is 305 g/mol. The molecule has 0 bridgehead atoms. The highest BCUT2D eigenvalue weighted by atomic mass is 32.1. The first-order valence-electron chi connectivity index (χ1n) is 6.19. The van der Waals surface area contributed by atoms with E-state index in [0.29, 0.717) is 4.88 Å². The minimum absolute atomic E-state index is 0.394. The van der Waals surface area contributed by atoms with Crippen molar-refractivity contribution in [2.45, 2.75) is 33.0 Å². The molecule has 1 heterocycles. The van der Waals surface area contributed by atoms with Crippen molar-refractivity contribution in [3.8, 4) is 0 Å². The molecule has 1 aromatic heterocycles. The van der Waals surface area contributed by atoms with Gasteiger partial charge in [-0.3, -0.25) is 9.59 Å². The van der Waals surface area contributed by atoms with E-state index < -0.39 is 36.0 Å². The Kier molecular flexibility index (Phi) is 5.38. The van der Waals surface area contributed by atoms with Crippen molar-refractivity contribution < 1.29 is 22.8 Å². The van der Waals surface area contributed by atoms with Crippen LogP contribution in [0, 0.1) is 5.41 Å². The molecule has 1 rings (SSSR count). The Labute approximate surface area is 124 Å². The third kappa shape index (κ3) is 5.37. The van der Waals surface area contributed by atoms with Gasteiger partial charge in [0.1, 0.15) is 6.04 Å². The van der Waals surface area contributed by atoms with E-state index in [1.807, 2.05) is 5.32 Å². The lowest BCUT2D eigenvalue weighted by molar-refractivity contribution is -0.180. The van der Waals surface area contributed by atoms with Gasteiger partial charge in [-0.2, -0.15) is 13.2 Å². The van der Waals surface area contributed by atoms with Crippen LogP contribution in [-0.2, 0) is 4.79 Å². The molecule has 1 unspecified atom stereocenters. The standard InChI is InChI=1S/C13H17F3N2O2S/c1-12(2,3)11(13(14,15)16)18-9(19)7-17-10(20)8-5-4-6-21-8/h4-6,11H,7H2,1-3H3,(H,17,20)(H,18,19). The number of amides is 2. The number of nitrogens with one attached hydrogen (secondary N) is 2. The number of hydrogen-bond acceptors (Lipinski definition) is 3. The maximum absolute atomic E-state index is 12.9. The lowest BCUT2D eigenvalue weighted by atomic mass is 9.86. The van der Waals surface area contributed by atoms with E-state index in [1.54, 1.807) is 17.5 Å². The summed E-state index contributed by atoms with van der Waals surface area (Å²) in [6, 6.07) is 1.25. The normalized spacial score (nSPS) is 13.6. The lowest BCUT2D eigenvalue weighted by Gasteiger charge is -2.33. The van der Waals surface area contributed by atoms with Gasteiger partial charge in [0.25, 0.3) is 5.91 Å². The molecule has 0 radical (unpaired) electrons. The van der Waals surface area contributed by atoms with E-state index >= 15 is 0 Å². The summed E-state index contributed by atoms with van der Waals surface area (Å²) >= 11 is 1.18. The van der Waals surface area contributed by atoms with Crippen LogP contribution in [0.3, 0.4) is 0 Å². The monoisotopic (exact) mass is 322 g/mol. The Hall–Kier alpha value is -1.57. The van der Waals surface area contributed by atoms with Crippen molar-refractivity contribution in [1.82, 2.24) is 10.6 Å². The highest BCUT2D eigenvalue weighted by Crippen LogP contribution is 2.33. The molecular formula is C13H17F3N2O2S. The van der Waals surface area contributed by atoms with Gasteiger partial charge in [-0.15, -0.1) is 11.3 Å². The number of halogens is 3. The molecule has 0 fully saturated rings. The number of hydrogen-bond donors (Lipinski definition) is 2. The van der Waals surface area contributed by atoms with Crippen molar-refractivity contribution >= 4 is 23.2 Å². The molecule has 118 valence electrons. The maximum Gasteiger partial charge on any atom is 0.409 e. The summed E-state index contributed by atoms with van der Waals surface area (Å²) in [5.41, 5.74) is -1.17. The molecule has 0 saturated heterocycles. The number of rotatable bonds is 4. The van der Waals surface area contributed by atoms with E-state index in [4.69, 9.17) is 0 Å². The van der Waals surface area contributed by atoms with Gasteiger partial charge in [0.15, 0.2) is 0 Å². The van der Waals surface area contributed by atoms with Crippen LogP contribution in [0.4, 0.5) is 13.2 Å². The van der Waals surface area contributed by atoms with E-state index in [9.17, 15) is 22.8 Å². The second kappa shape index (κ2) is 6.46. The van der Waals surface area contributed by atoms with Crippen molar-refractivity contribution in [1.29, 1.82) is 0 Å². The minimum atomic E-state index is -4.55. The Morgan fingerprint density at radius 3 is 2.33 bits per heavy atom. The number of carbonyl (C=O) groups is 2. The Balaban J connectivity index is 2.57. The average molecular weight is 322 g/mol. The smallest absolute Gasteiger partial charge is 0.342 e. The number of alkyl halides is 3. The van der Waals surface area contributed by atoms with Crippen molar-refractivity contribution in [3.05, 3.63) is 22.4 Å². The van der Waals surface area contributed by atoms with Crippen LogP contribution in [0.1, 0.15) is 30.4 Å². The summed E-state index contributed by atoms with van der Waals surface area (Å²) in [4.78, 5) is 23.6. The SMILES string of the molecule is CC(C)(C)C(NC(=O)CNC(=O)c1cccs1)C(F)(F)F. The quantitative estimate of drug-likeness (QED) is 0.895. The van der Waals surface area contributed by atoms with Crippen LogP contribution in [-0.4, -0.2) is 30.6 Å². The molecule has 0 aliphatic carbocycles. The van der Waals surface area contributed by atoms with Gasteiger partial charge in [0.05, 0.1) is 11.4 Å². The minimum Gasteiger partial charge on any atom is -0.342 e. The first-order valence-corrected chi connectivity index (χ1v) is 7.07. The van der Waals surface area contributed by atoms with Crippen LogP contribution in [0.2, 0.25) is 0 Å². The molecule has 0 saturated carbocycles. The van der Waals surface area contributed by atoms with Crippen LogP contribution in [0.15, 0.2) is 17.5 Å². The molecule has 0 aliphatic rings. The maximum atomic E-state index is 12.9. The summed E-state index contributed by atoms with van der Waals surface area (Å²) in [5.74, 6) is -1.36. The summed E-state index contributed by atoms with van der Waals surface area (Å²) in [6.45, 7) is 3.65. The molecule has 0 spiro atoms. The summed E-state index contributed by atoms with van der Waals surface area (Å²) in [6.07, 6.45) is -4.55. The molecule has 4 nitrogen and oxygen atoms in total. The fourth-order valence-electron chi connectivity index (χ4n) is 1.66. The zero-order chi connectivity index (χ0) is 16.3. The lowest BCUT2D eigenvalue weighted by Crippen LogP contribution is -2.54. The molecule has 2 N–H and O–H groups in total. The van der Waals surface area contributed by atoms with Crippen molar-refractivity contribution in [2.24, 2.45) is 5.41 Å². The van der Waals surface area contributed by atoms with Crippen molar-refractivity contribution in [3.63, 3.8) is 0 Å². The topological polar surface area (TPSA) is 58.2 Å². The Bertz CT molecular complexity index is 479. The van der Waals surface area contributed by atoms with Crippen LogP contribution in [0.25, 0.3) is 0 Å². The van der Waals surface area contributed by atoms with Gasteiger partial charge in [-0.25, -0.2) is 0 Å². The fourth-order valence-corrected chi connectivity index (χ4v) is 2.30. The summed E-state index contributed by atoms with van der Waals surface area (Å²) in [5, 5.41) is 5.90. The van der Waals surface area contributed by atoms with E-state index in [0.717, 1.165) is 0 Å².